The molecule has 6 heteroatoms. The molecule has 19 heavy (non-hydrogen) atoms. The number of ether oxygens (including phenoxy) is 1. The van der Waals surface area contributed by atoms with Crippen LogP contribution in [0.3, 0.4) is 0 Å². The van der Waals surface area contributed by atoms with Crippen LogP contribution < -0.4 is 4.74 Å². The van der Waals surface area contributed by atoms with Crippen molar-refractivity contribution in [3.05, 3.63) is 33.8 Å². The van der Waals surface area contributed by atoms with E-state index in [2.05, 4.69) is 15.9 Å². The minimum absolute atomic E-state index is 0.0917. The molecular weight excluding hydrogens is 312 g/mol. The molecule has 0 saturated heterocycles. The van der Waals surface area contributed by atoms with Gasteiger partial charge in [0, 0.05) is 10.0 Å². The molecule has 96 valence electrons. The fraction of sp³-hybridized carbons (Fsp3) is 0.154. The Labute approximate surface area is 118 Å². The summed E-state index contributed by atoms with van der Waals surface area (Å²) in [5, 5.41) is 26.3. The number of carbonyl (C=O) groups is 1. The molecule has 0 aliphatic heterocycles. The van der Waals surface area contributed by atoms with E-state index < -0.39 is 12.1 Å². The Morgan fingerprint density at radius 3 is 2.63 bits per heavy atom. The quantitative estimate of drug-likeness (QED) is 0.861. The molecule has 0 saturated carbocycles. The van der Waals surface area contributed by atoms with Crippen LogP contribution in [0.5, 0.6) is 5.75 Å². The first-order valence-corrected chi connectivity index (χ1v) is 5.98. The summed E-state index contributed by atoms with van der Waals surface area (Å²) in [5.41, 5.74) is 0.367. The lowest BCUT2D eigenvalue weighted by Gasteiger charge is -2.13. The minimum atomic E-state index is -1.10. The normalized spacial score (nSPS) is 10.7. The molecule has 5 nitrogen and oxygen atoms in total. The van der Waals surface area contributed by atoms with E-state index in [1.165, 1.54) is 13.0 Å². The zero-order chi connectivity index (χ0) is 14.4. The standard InChI is InChI=1S/C13H9BrN2O3/c1-8(13(17)18)19-12-3-2-11(14)5-10(12)4-9(6-15)7-16/h2-5,8H,1H3,(H,17,18). The third-order valence-corrected chi connectivity index (χ3v) is 2.66. The van der Waals surface area contributed by atoms with E-state index in [1.54, 1.807) is 30.3 Å². The van der Waals surface area contributed by atoms with Gasteiger partial charge in [0.25, 0.3) is 0 Å². The third-order valence-electron chi connectivity index (χ3n) is 2.16. The highest BCUT2D eigenvalue weighted by molar-refractivity contribution is 9.10. The SMILES string of the molecule is CC(Oc1ccc(Br)cc1C=C(C#N)C#N)C(=O)O. The summed E-state index contributed by atoms with van der Waals surface area (Å²) >= 11 is 3.26. The molecule has 1 N–H and O–H groups in total. The number of nitriles is 2. The zero-order valence-electron chi connectivity index (χ0n) is 9.92. The van der Waals surface area contributed by atoms with E-state index in [4.69, 9.17) is 20.4 Å². The highest BCUT2D eigenvalue weighted by Crippen LogP contribution is 2.26. The van der Waals surface area contributed by atoms with Gasteiger partial charge in [0.15, 0.2) is 6.10 Å². The van der Waals surface area contributed by atoms with Gasteiger partial charge in [-0.2, -0.15) is 10.5 Å². The van der Waals surface area contributed by atoms with Crippen molar-refractivity contribution in [2.75, 3.05) is 0 Å². The lowest BCUT2D eigenvalue weighted by Crippen LogP contribution is -2.23. The van der Waals surface area contributed by atoms with Gasteiger partial charge in [-0.25, -0.2) is 4.79 Å². The summed E-state index contributed by atoms with van der Waals surface area (Å²) in [4.78, 5) is 10.8. The van der Waals surface area contributed by atoms with Crippen molar-refractivity contribution in [1.82, 2.24) is 0 Å². The Bertz CT molecular complexity index is 595. The molecule has 1 rings (SSSR count). The van der Waals surface area contributed by atoms with Gasteiger partial charge in [-0.15, -0.1) is 0 Å². The summed E-state index contributed by atoms with van der Waals surface area (Å²) in [6.45, 7) is 1.40. The maximum Gasteiger partial charge on any atom is 0.344 e. The molecule has 1 unspecified atom stereocenters. The Balaban J connectivity index is 3.20. The number of halogens is 1. The number of hydrogen-bond donors (Lipinski definition) is 1. The summed E-state index contributed by atoms with van der Waals surface area (Å²) in [5.74, 6) is -0.806. The lowest BCUT2D eigenvalue weighted by molar-refractivity contribution is -0.144. The summed E-state index contributed by atoms with van der Waals surface area (Å²) in [6, 6.07) is 8.36. The van der Waals surface area contributed by atoms with E-state index in [9.17, 15) is 4.79 Å². The molecule has 0 amide bonds. The van der Waals surface area contributed by atoms with Crippen LogP contribution in [0, 0.1) is 22.7 Å². The number of hydrogen-bond acceptors (Lipinski definition) is 4. The molecule has 1 aromatic rings. The molecule has 0 bridgehead atoms. The number of aliphatic carboxylic acids is 1. The van der Waals surface area contributed by atoms with Crippen molar-refractivity contribution in [2.24, 2.45) is 0 Å². The topological polar surface area (TPSA) is 94.1 Å². The van der Waals surface area contributed by atoms with Crippen LogP contribution in [0.1, 0.15) is 12.5 Å². The predicted molar refractivity (Wildman–Crippen MR) is 71.1 cm³/mol. The van der Waals surface area contributed by atoms with Crippen LogP contribution in [0.2, 0.25) is 0 Å². The smallest absolute Gasteiger partial charge is 0.344 e. The van der Waals surface area contributed by atoms with E-state index >= 15 is 0 Å². The molecule has 0 radical (unpaired) electrons. The second-order valence-corrected chi connectivity index (χ2v) is 4.48. The van der Waals surface area contributed by atoms with E-state index in [1.807, 2.05) is 0 Å². The number of carboxylic acids is 1. The van der Waals surface area contributed by atoms with Gasteiger partial charge >= 0.3 is 5.97 Å². The average Bonchev–Trinajstić information content (AvgIpc) is 2.38. The fourth-order valence-corrected chi connectivity index (χ4v) is 1.60. The largest absolute Gasteiger partial charge is 0.479 e. The fourth-order valence-electron chi connectivity index (χ4n) is 1.23. The maximum atomic E-state index is 10.8. The van der Waals surface area contributed by atoms with E-state index in [0.717, 1.165) is 4.47 Å². The number of rotatable bonds is 4. The van der Waals surface area contributed by atoms with Crippen molar-refractivity contribution in [2.45, 2.75) is 13.0 Å². The molecule has 0 fully saturated rings. The Kier molecular flexibility index (Phi) is 5.11. The highest BCUT2D eigenvalue weighted by atomic mass is 79.9. The molecule has 0 spiro atoms. The van der Waals surface area contributed by atoms with Gasteiger partial charge in [0.1, 0.15) is 23.5 Å². The Morgan fingerprint density at radius 2 is 2.11 bits per heavy atom. The van der Waals surface area contributed by atoms with Crippen LogP contribution in [0.4, 0.5) is 0 Å². The first-order valence-electron chi connectivity index (χ1n) is 5.19. The monoisotopic (exact) mass is 320 g/mol. The minimum Gasteiger partial charge on any atom is -0.479 e. The zero-order valence-corrected chi connectivity index (χ0v) is 11.5. The van der Waals surface area contributed by atoms with Crippen LogP contribution in [0.15, 0.2) is 28.2 Å². The van der Waals surface area contributed by atoms with Crippen LogP contribution in [-0.4, -0.2) is 17.2 Å². The van der Waals surface area contributed by atoms with Gasteiger partial charge in [-0.3, -0.25) is 0 Å². The van der Waals surface area contributed by atoms with Crippen LogP contribution in [0.25, 0.3) is 6.08 Å². The molecule has 0 aliphatic rings. The second kappa shape index (κ2) is 6.58. The molecule has 1 aromatic carbocycles. The molecular formula is C13H9BrN2O3. The summed E-state index contributed by atoms with van der Waals surface area (Å²) < 4.78 is 5.99. The Hall–Kier alpha value is -2.31. The molecule has 0 aromatic heterocycles. The van der Waals surface area contributed by atoms with Crippen molar-refractivity contribution in [1.29, 1.82) is 10.5 Å². The van der Waals surface area contributed by atoms with Gasteiger partial charge in [-0.1, -0.05) is 15.9 Å². The average molecular weight is 321 g/mol. The number of nitrogens with zero attached hydrogens (tertiary/aromatic N) is 2. The van der Waals surface area contributed by atoms with E-state index in [-0.39, 0.29) is 5.57 Å². The first-order chi connectivity index (χ1) is 8.97. The van der Waals surface area contributed by atoms with Crippen LogP contribution >= 0.6 is 15.9 Å². The number of carboxylic acid groups (broad SMARTS) is 1. The van der Waals surface area contributed by atoms with Crippen molar-refractivity contribution in [3.63, 3.8) is 0 Å². The van der Waals surface area contributed by atoms with Crippen molar-refractivity contribution in [3.8, 4) is 17.9 Å². The Morgan fingerprint density at radius 1 is 1.47 bits per heavy atom. The highest BCUT2D eigenvalue weighted by Gasteiger charge is 2.14. The summed E-state index contributed by atoms with van der Waals surface area (Å²) in [7, 11) is 0. The van der Waals surface area contributed by atoms with Crippen molar-refractivity contribution < 1.29 is 14.6 Å². The maximum absolute atomic E-state index is 10.8. The van der Waals surface area contributed by atoms with Gasteiger partial charge < -0.3 is 9.84 Å². The molecule has 0 heterocycles. The molecule has 1 atom stereocenters. The third kappa shape index (κ3) is 4.13. The lowest BCUT2D eigenvalue weighted by atomic mass is 10.1. The number of allylic oxidation sites excluding steroid dienone is 1. The summed E-state index contributed by atoms with van der Waals surface area (Å²) in [6.07, 6.45) is 0.315. The van der Waals surface area contributed by atoms with Gasteiger partial charge in [-0.05, 0) is 31.2 Å². The predicted octanol–water partition coefficient (Wildman–Crippen LogP) is 2.73. The first kappa shape index (κ1) is 14.7. The second-order valence-electron chi connectivity index (χ2n) is 3.56. The van der Waals surface area contributed by atoms with Gasteiger partial charge in [0.2, 0.25) is 0 Å². The van der Waals surface area contributed by atoms with Gasteiger partial charge in [0.05, 0.1) is 0 Å². The van der Waals surface area contributed by atoms with Crippen molar-refractivity contribution >= 4 is 28.0 Å². The van der Waals surface area contributed by atoms with Crippen LogP contribution in [-0.2, 0) is 4.79 Å². The van der Waals surface area contributed by atoms with E-state index in [0.29, 0.717) is 11.3 Å². The molecule has 0 aliphatic carbocycles. The number of benzene rings is 1.